The second-order valence-corrected chi connectivity index (χ2v) is 3.69. The molecule has 0 saturated heterocycles. The van der Waals surface area contributed by atoms with Gasteiger partial charge in [0.25, 0.3) is 0 Å². The molecule has 76 valence electrons. The highest BCUT2D eigenvalue weighted by molar-refractivity contribution is 7.80. The summed E-state index contributed by atoms with van der Waals surface area (Å²) < 4.78 is 5.07. The fraction of sp³-hybridized carbons (Fsp3) is 0.364. The Balaban J connectivity index is 2.40. The summed E-state index contributed by atoms with van der Waals surface area (Å²) in [5.74, 6) is 0.892. The van der Waals surface area contributed by atoms with Gasteiger partial charge in [-0.1, -0.05) is 24.4 Å². The Hall–Kier alpha value is -1.09. The van der Waals surface area contributed by atoms with Gasteiger partial charge >= 0.3 is 0 Å². The first kappa shape index (κ1) is 11.0. The van der Waals surface area contributed by atoms with Gasteiger partial charge in [-0.15, -0.1) is 0 Å². The zero-order valence-corrected chi connectivity index (χ0v) is 9.14. The van der Waals surface area contributed by atoms with Crippen LogP contribution in [0.15, 0.2) is 24.3 Å². The number of hydrogen-bond acceptors (Lipinski definition) is 2. The van der Waals surface area contributed by atoms with Crippen LogP contribution >= 0.6 is 12.2 Å². The third kappa shape index (κ3) is 3.75. The van der Waals surface area contributed by atoms with Crippen molar-refractivity contribution in [3.8, 4) is 5.75 Å². The molecule has 14 heavy (non-hydrogen) atoms. The molecule has 2 N–H and O–H groups in total. The summed E-state index contributed by atoms with van der Waals surface area (Å²) in [5, 5.41) is 0. The van der Waals surface area contributed by atoms with Crippen LogP contribution in [0, 0.1) is 0 Å². The van der Waals surface area contributed by atoms with E-state index in [4.69, 9.17) is 22.7 Å². The first-order valence-corrected chi connectivity index (χ1v) is 5.04. The lowest BCUT2D eigenvalue weighted by Gasteiger charge is -2.02. The average molecular weight is 209 g/mol. The Labute approximate surface area is 90.1 Å². The van der Waals surface area contributed by atoms with Gasteiger partial charge in [-0.05, 0) is 37.0 Å². The highest BCUT2D eigenvalue weighted by atomic mass is 32.1. The second kappa shape index (κ2) is 5.60. The van der Waals surface area contributed by atoms with E-state index in [1.165, 1.54) is 5.56 Å². The maximum absolute atomic E-state index is 5.41. The zero-order chi connectivity index (χ0) is 10.4. The van der Waals surface area contributed by atoms with Crippen LogP contribution in [-0.2, 0) is 6.42 Å². The molecule has 1 aromatic carbocycles. The summed E-state index contributed by atoms with van der Waals surface area (Å²) >= 11 is 4.81. The molecule has 1 aromatic rings. The van der Waals surface area contributed by atoms with E-state index in [9.17, 15) is 0 Å². The molecule has 0 atom stereocenters. The number of thiocarbonyl (C=S) groups is 1. The summed E-state index contributed by atoms with van der Waals surface area (Å²) in [4.78, 5) is 0.596. The topological polar surface area (TPSA) is 35.2 Å². The van der Waals surface area contributed by atoms with Gasteiger partial charge in [-0.25, -0.2) is 0 Å². The van der Waals surface area contributed by atoms with E-state index in [1.54, 1.807) is 7.11 Å². The Kier molecular flexibility index (Phi) is 4.40. The lowest BCUT2D eigenvalue weighted by Crippen LogP contribution is -2.07. The largest absolute Gasteiger partial charge is 0.497 e. The molecule has 0 amide bonds. The number of hydrogen-bond donors (Lipinski definition) is 1. The quantitative estimate of drug-likeness (QED) is 0.756. The molecular weight excluding hydrogens is 194 g/mol. The molecule has 0 spiro atoms. The predicted octanol–water partition coefficient (Wildman–Crippen LogP) is 2.30. The van der Waals surface area contributed by atoms with E-state index in [-0.39, 0.29) is 0 Å². The number of ether oxygens (including phenoxy) is 1. The number of benzene rings is 1. The van der Waals surface area contributed by atoms with Crippen LogP contribution in [0.25, 0.3) is 0 Å². The molecule has 0 unspecified atom stereocenters. The molecule has 0 bridgehead atoms. The van der Waals surface area contributed by atoms with Crippen molar-refractivity contribution in [3.63, 3.8) is 0 Å². The number of nitrogens with two attached hydrogens (primary N) is 1. The molecule has 0 aliphatic heterocycles. The standard InChI is InChI=1S/C11H15NOS/c1-13-10-7-5-9(6-8-10)3-2-4-11(12)14/h5-8H,2-4H2,1H3,(H2,12,14). The lowest BCUT2D eigenvalue weighted by atomic mass is 10.1. The predicted molar refractivity (Wildman–Crippen MR) is 62.7 cm³/mol. The minimum absolute atomic E-state index is 0.596. The van der Waals surface area contributed by atoms with Gasteiger partial charge in [0.2, 0.25) is 0 Å². The Bertz CT molecular complexity index is 295. The molecule has 0 aliphatic carbocycles. The summed E-state index contributed by atoms with van der Waals surface area (Å²) in [6.07, 6.45) is 2.85. The van der Waals surface area contributed by atoms with E-state index in [0.717, 1.165) is 25.0 Å². The number of rotatable bonds is 5. The third-order valence-electron chi connectivity index (χ3n) is 2.05. The van der Waals surface area contributed by atoms with E-state index >= 15 is 0 Å². The molecule has 2 nitrogen and oxygen atoms in total. The van der Waals surface area contributed by atoms with Crippen molar-refractivity contribution in [1.82, 2.24) is 0 Å². The monoisotopic (exact) mass is 209 g/mol. The fourth-order valence-electron chi connectivity index (χ4n) is 1.26. The Morgan fingerprint density at radius 1 is 1.36 bits per heavy atom. The van der Waals surface area contributed by atoms with E-state index in [1.807, 2.05) is 12.1 Å². The molecule has 1 rings (SSSR count). The van der Waals surface area contributed by atoms with Gasteiger partial charge in [0, 0.05) is 0 Å². The first-order valence-electron chi connectivity index (χ1n) is 4.63. The molecule has 0 aromatic heterocycles. The van der Waals surface area contributed by atoms with E-state index in [0.29, 0.717) is 4.99 Å². The Morgan fingerprint density at radius 2 is 2.00 bits per heavy atom. The van der Waals surface area contributed by atoms with Gasteiger partial charge in [0.05, 0.1) is 12.1 Å². The molecule has 0 saturated carbocycles. The van der Waals surface area contributed by atoms with Crippen LogP contribution in [0.2, 0.25) is 0 Å². The van der Waals surface area contributed by atoms with Crippen LogP contribution in [0.1, 0.15) is 18.4 Å². The molecule has 3 heteroatoms. The van der Waals surface area contributed by atoms with Crippen LogP contribution in [0.4, 0.5) is 0 Å². The summed E-state index contributed by atoms with van der Waals surface area (Å²) in [7, 11) is 1.67. The van der Waals surface area contributed by atoms with E-state index < -0.39 is 0 Å². The minimum Gasteiger partial charge on any atom is -0.497 e. The van der Waals surface area contributed by atoms with Gasteiger partial charge in [-0.2, -0.15) is 0 Å². The van der Waals surface area contributed by atoms with Crippen molar-refractivity contribution in [2.24, 2.45) is 5.73 Å². The van der Waals surface area contributed by atoms with Gasteiger partial charge < -0.3 is 10.5 Å². The highest BCUT2D eigenvalue weighted by Gasteiger charge is 1.95. The van der Waals surface area contributed by atoms with Crippen molar-refractivity contribution in [3.05, 3.63) is 29.8 Å². The van der Waals surface area contributed by atoms with Gasteiger partial charge in [0.1, 0.15) is 5.75 Å². The van der Waals surface area contributed by atoms with Crippen LogP contribution in [0.5, 0.6) is 5.75 Å². The second-order valence-electron chi connectivity index (χ2n) is 3.17. The summed E-state index contributed by atoms with van der Waals surface area (Å²) in [5.41, 5.74) is 6.71. The lowest BCUT2D eigenvalue weighted by molar-refractivity contribution is 0.414. The molecular formula is C11H15NOS. The molecule has 0 heterocycles. The summed E-state index contributed by atoms with van der Waals surface area (Å²) in [6.45, 7) is 0. The van der Waals surface area contributed by atoms with Crippen LogP contribution in [0.3, 0.4) is 0 Å². The minimum atomic E-state index is 0.596. The van der Waals surface area contributed by atoms with Crippen molar-refractivity contribution < 1.29 is 4.74 Å². The van der Waals surface area contributed by atoms with Crippen LogP contribution in [-0.4, -0.2) is 12.1 Å². The van der Waals surface area contributed by atoms with Crippen molar-refractivity contribution in [1.29, 1.82) is 0 Å². The average Bonchev–Trinajstić information content (AvgIpc) is 2.18. The summed E-state index contributed by atoms with van der Waals surface area (Å²) in [6, 6.07) is 8.07. The molecule has 0 radical (unpaired) electrons. The maximum atomic E-state index is 5.41. The highest BCUT2D eigenvalue weighted by Crippen LogP contribution is 2.12. The van der Waals surface area contributed by atoms with Crippen molar-refractivity contribution in [2.45, 2.75) is 19.3 Å². The Morgan fingerprint density at radius 3 is 2.50 bits per heavy atom. The third-order valence-corrected chi connectivity index (χ3v) is 2.25. The molecule has 0 aliphatic rings. The van der Waals surface area contributed by atoms with Crippen molar-refractivity contribution in [2.75, 3.05) is 7.11 Å². The first-order chi connectivity index (χ1) is 6.72. The van der Waals surface area contributed by atoms with Crippen molar-refractivity contribution >= 4 is 17.2 Å². The number of methoxy groups -OCH3 is 1. The van der Waals surface area contributed by atoms with Crippen LogP contribution < -0.4 is 10.5 Å². The van der Waals surface area contributed by atoms with Gasteiger partial charge in [0.15, 0.2) is 0 Å². The number of aryl methyl sites for hydroxylation is 1. The molecule has 0 fully saturated rings. The normalized spacial score (nSPS) is 9.79. The van der Waals surface area contributed by atoms with E-state index in [2.05, 4.69) is 12.1 Å². The zero-order valence-electron chi connectivity index (χ0n) is 8.32. The smallest absolute Gasteiger partial charge is 0.118 e. The van der Waals surface area contributed by atoms with Gasteiger partial charge in [-0.3, -0.25) is 0 Å². The SMILES string of the molecule is COc1ccc(CCCC(N)=S)cc1. The maximum Gasteiger partial charge on any atom is 0.118 e. The fourth-order valence-corrected chi connectivity index (χ4v) is 1.40.